The molecule has 5 nitrogen and oxygen atoms in total. The highest BCUT2D eigenvalue weighted by molar-refractivity contribution is 5.48. The molecule has 1 aromatic carbocycles. The average Bonchev–Trinajstić information content (AvgIpc) is 2.26. The zero-order chi connectivity index (χ0) is 11.4. The number of rotatable bonds is 3. The minimum Gasteiger partial charge on any atom is -0.396 e. The van der Waals surface area contributed by atoms with Crippen LogP contribution in [0.1, 0.15) is 17.0 Å². The van der Waals surface area contributed by atoms with Gasteiger partial charge in [0.1, 0.15) is 0 Å². The Kier molecular flexibility index (Phi) is 3.37. The lowest BCUT2D eigenvalue weighted by Crippen LogP contribution is -2.04. The van der Waals surface area contributed by atoms with E-state index in [2.05, 4.69) is 6.92 Å². The third-order valence-electron chi connectivity index (χ3n) is 2.01. The van der Waals surface area contributed by atoms with Crippen molar-refractivity contribution in [1.82, 2.24) is 0 Å². The molecule has 1 unspecified atom stereocenters. The fourth-order valence-corrected chi connectivity index (χ4v) is 1.22. The van der Waals surface area contributed by atoms with Crippen LogP contribution in [0.2, 0.25) is 0 Å². The number of aliphatic hydroxyl groups excluding tert-OH is 1. The van der Waals surface area contributed by atoms with Crippen LogP contribution < -0.4 is 0 Å². The molecule has 0 fully saturated rings. The van der Waals surface area contributed by atoms with Crippen LogP contribution >= 0.6 is 0 Å². The predicted molar refractivity (Wildman–Crippen MR) is 53.0 cm³/mol. The summed E-state index contributed by atoms with van der Waals surface area (Å²) in [6.45, 7) is 3.29. The lowest BCUT2D eigenvalue weighted by molar-refractivity contribution is -0.385. The second-order valence-corrected chi connectivity index (χ2v) is 3.02. The first-order chi connectivity index (χ1) is 7.10. The number of nitro benzene ring substituents is 1. The SMILES string of the molecule is [CH2]C(CO)c1cc(C#N)ccc1[N+](=O)[O-]. The van der Waals surface area contributed by atoms with Crippen molar-refractivity contribution in [3.63, 3.8) is 0 Å². The number of nitro groups is 1. The summed E-state index contributed by atoms with van der Waals surface area (Å²) in [7, 11) is 0. The molecule has 1 aromatic rings. The first-order valence-corrected chi connectivity index (χ1v) is 4.22. The maximum Gasteiger partial charge on any atom is 0.273 e. The third kappa shape index (κ3) is 2.30. The molecule has 0 aliphatic rings. The van der Waals surface area contributed by atoms with Crippen molar-refractivity contribution in [1.29, 1.82) is 5.26 Å². The smallest absolute Gasteiger partial charge is 0.273 e. The van der Waals surface area contributed by atoms with Crippen LogP contribution in [-0.4, -0.2) is 16.6 Å². The van der Waals surface area contributed by atoms with Crippen molar-refractivity contribution >= 4 is 5.69 Å². The van der Waals surface area contributed by atoms with Gasteiger partial charge in [-0.05, 0) is 19.1 Å². The molecule has 77 valence electrons. The Balaban J connectivity index is 3.30. The molecule has 1 radical (unpaired) electrons. The number of benzene rings is 1. The van der Waals surface area contributed by atoms with Gasteiger partial charge in [0.25, 0.3) is 5.69 Å². The molecule has 5 heteroatoms. The van der Waals surface area contributed by atoms with Crippen molar-refractivity contribution in [3.05, 3.63) is 46.4 Å². The molecule has 1 rings (SSSR count). The number of hydrogen-bond donors (Lipinski definition) is 1. The molecule has 0 spiro atoms. The van der Waals surface area contributed by atoms with Gasteiger partial charge < -0.3 is 5.11 Å². The largest absolute Gasteiger partial charge is 0.396 e. The summed E-state index contributed by atoms with van der Waals surface area (Å²) in [5.41, 5.74) is 0.474. The minimum atomic E-state index is -0.598. The molecule has 0 aliphatic carbocycles. The van der Waals surface area contributed by atoms with Gasteiger partial charge >= 0.3 is 0 Å². The number of aliphatic hydroxyl groups is 1. The van der Waals surface area contributed by atoms with Crippen molar-refractivity contribution < 1.29 is 10.0 Å². The molecule has 0 aromatic heterocycles. The van der Waals surface area contributed by atoms with Crippen LogP contribution in [0.4, 0.5) is 5.69 Å². The van der Waals surface area contributed by atoms with Crippen LogP contribution in [0.5, 0.6) is 0 Å². The molecule has 0 saturated carbocycles. The van der Waals surface area contributed by atoms with E-state index in [1.165, 1.54) is 18.2 Å². The molecule has 15 heavy (non-hydrogen) atoms. The van der Waals surface area contributed by atoms with E-state index in [1.54, 1.807) is 0 Å². The molecule has 0 saturated heterocycles. The second kappa shape index (κ2) is 4.53. The van der Waals surface area contributed by atoms with Crippen LogP contribution in [0.3, 0.4) is 0 Å². The summed E-state index contributed by atoms with van der Waals surface area (Å²) in [6, 6.07) is 5.88. The maximum absolute atomic E-state index is 10.7. The highest BCUT2D eigenvalue weighted by atomic mass is 16.6. The fourth-order valence-electron chi connectivity index (χ4n) is 1.22. The summed E-state index contributed by atoms with van der Waals surface area (Å²) in [4.78, 5) is 10.1. The molecular weight excluding hydrogens is 196 g/mol. The highest BCUT2D eigenvalue weighted by Crippen LogP contribution is 2.26. The van der Waals surface area contributed by atoms with Gasteiger partial charge in [0, 0.05) is 17.5 Å². The quantitative estimate of drug-likeness (QED) is 0.596. The van der Waals surface area contributed by atoms with Gasteiger partial charge in [-0.25, -0.2) is 0 Å². The molecular formula is C10H9N2O3. The lowest BCUT2D eigenvalue weighted by Gasteiger charge is -2.08. The van der Waals surface area contributed by atoms with Gasteiger partial charge in [-0.2, -0.15) is 5.26 Å². The topological polar surface area (TPSA) is 87.2 Å². The molecule has 1 N–H and O–H groups in total. The molecule has 0 heterocycles. The van der Waals surface area contributed by atoms with E-state index in [0.29, 0.717) is 5.56 Å². The van der Waals surface area contributed by atoms with E-state index in [4.69, 9.17) is 10.4 Å². The minimum absolute atomic E-state index is 0.122. The van der Waals surface area contributed by atoms with E-state index in [9.17, 15) is 10.1 Å². The van der Waals surface area contributed by atoms with Gasteiger partial charge in [-0.3, -0.25) is 10.1 Å². The van der Waals surface area contributed by atoms with Crippen LogP contribution in [-0.2, 0) is 0 Å². The summed E-state index contributed by atoms with van der Waals surface area (Å²) in [6.07, 6.45) is 0. The molecule has 0 amide bonds. The van der Waals surface area contributed by atoms with E-state index < -0.39 is 10.8 Å². The Morgan fingerprint density at radius 3 is 2.80 bits per heavy atom. The second-order valence-electron chi connectivity index (χ2n) is 3.02. The Morgan fingerprint density at radius 1 is 1.67 bits per heavy atom. The Hall–Kier alpha value is -1.93. The molecule has 0 aliphatic heterocycles. The first kappa shape index (κ1) is 11.1. The molecule has 1 atom stereocenters. The Labute approximate surface area is 86.7 Å². The summed E-state index contributed by atoms with van der Waals surface area (Å²) in [5.74, 6) is -0.598. The van der Waals surface area contributed by atoms with Gasteiger partial charge in [-0.1, -0.05) is 0 Å². The van der Waals surface area contributed by atoms with Crippen molar-refractivity contribution in [2.45, 2.75) is 5.92 Å². The van der Waals surface area contributed by atoms with Gasteiger partial charge in [0.05, 0.1) is 23.2 Å². The predicted octanol–water partition coefficient (Wildman–Crippen LogP) is 1.38. The fraction of sp³-hybridized carbons (Fsp3) is 0.200. The standard InChI is InChI=1S/C10H9N2O3/c1-7(6-13)9-4-8(5-11)2-3-10(9)12(14)15/h2-4,7,13H,1,6H2. The number of hydrogen-bond acceptors (Lipinski definition) is 4. The van der Waals surface area contributed by atoms with Crippen LogP contribution in [0, 0.1) is 28.4 Å². The van der Waals surface area contributed by atoms with Crippen molar-refractivity contribution in [2.75, 3.05) is 6.61 Å². The van der Waals surface area contributed by atoms with Crippen LogP contribution in [0.15, 0.2) is 18.2 Å². The Bertz CT molecular complexity index is 423. The Morgan fingerprint density at radius 2 is 2.33 bits per heavy atom. The van der Waals surface area contributed by atoms with E-state index in [1.807, 2.05) is 6.07 Å². The van der Waals surface area contributed by atoms with E-state index in [-0.39, 0.29) is 17.9 Å². The average molecular weight is 205 g/mol. The number of nitrogens with zero attached hydrogens (tertiary/aromatic N) is 2. The summed E-state index contributed by atoms with van der Waals surface area (Å²) < 4.78 is 0. The summed E-state index contributed by atoms with van der Waals surface area (Å²) in [5, 5.41) is 28.2. The maximum atomic E-state index is 10.7. The monoisotopic (exact) mass is 205 g/mol. The van der Waals surface area contributed by atoms with Crippen LogP contribution in [0.25, 0.3) is 0 Å². The first-order valence-electron chi connectivity index (χ1n) is 4.22. The van der Waals surface area contributed by atoms with Crippen molar-refractivity contribution in [2.24, 2.45) is 0 Å². The lowest BCUT2D eigenvalue weighted by atomic mass is 9.98. The molecule has 0 bridgehead atoms. The van der Waals surface area contributed by atoms with Crippen molar-refractivity contribution in [3.8, 4) is 6.07 Å². The zero-order valence-corrected chi connectivity index (χ0v) is 7.88. The zero-order valence-electron chi connectivity index (χ0n) is 7.88. The van der Waals surface area contributed by atoms with E-state index >= 15 is 0 Å². The highest BCUT2D eigenvalue weighted by Gasteiger charge is 2.18. The van der Waals surface area contributed by atoms with Gasteiger partial charge in [0.15, 0.2) is 0 Å². The number of nitriles is 1. The van der Waals surface area contributed by atoms with E-state index in [0.717, 1.165) is 0 Å². The van der Waals surface area contributed by atoms with Gasteiger partial charge in [-0.15, -0.1) is 0 Å². The van der Waals surface area contributed by atoms with Gasteiger partial charge in [0.2, 0.25) is 0 Å². The normalized spacial score (nSPS) is 11.8. The third-order valence-corrected chi connectivity index (χ3v) is 2.01. The summed E-state index contributed by atoms with van der Waals surface area (Å²) >= 11 is 0.